The van der Waals surface area contributed by atoms with Gasteiger partial charge in [0.25, 0.3) is 0 Å². The van der Waals surface area contributed by atoms with Gasteiger partial charge in [0.2, 0.25) is 0 Å². The molecule has 0 amide bonds. The minimum atomic E-state index is -0.832. The topological polar surface area (TPSA) is 114 Å². The lowest BCUT2D eigenvalue weighted by molar-refractivity contribution is -0.144. The first-order chi connectivity index (χ1) is 22.8. The van der Waals surface area contributed by atoms with Gasteiger partial charge in [-0.25, -0.2) is 0 Å². The summed E-state index contributed by atoms with van der Waals surface area (Å²) in [5.74, 6) is 1.69. The van der Waals surface area contributed by atoms with Gasteiger partial charge >= 0.3 is 5.97 Å². The van der Waals surface area contributed by atoms with Crippen LogP contribution in [0.3, 0.4) is 0 Å². The van der Waals surface area contributed by atoms with Crippen molar-refractivity contribution in [3.05, 3.63) is 99.3 Å². The summed E-state index contributed by atoms with van der Waals surface area (Å²) in [6.45, 7) is 6.64. The molecule has 0 radical (unpaired) electrons. The summed E-state index contributed by atoms with van der Waals surface area (Å²) < 4.78 is 24.3. The number of rotatable bonds is 10. The van der Waals surface area contributed by atoms with Crippen molar-refractivity contribution in [2.75, 3.05) is 19.8 Å². The maximum atomic E-state index is 12.0. The van der Waals surface area contributed by atoms with Gasteiger partial charge in [-0.3, -0.25) is 14.7 Å². The van der Waals surface area contributed by atoms with Gasteiger partial charge in [0.15, 0.2) is 11.5 Å². The number of halogens is 1. The van der Waals surface area contributed by atoms with Gasteiger partial charge in [-0.15, -0.1) is 0 Å². The number of pyridine rings is 1. The highest BCUT2D eigenvalue weighted by Gasteiger charge is 2.29. The number of hydrogen-bond donors (Lipinski definition) is 1. The third kappa shape index (κ3) is 7.14. The van der Waals surface area contributed by atoms with E-state index in [4.69, 9.17) is 30.5 Å². The van der Waals surface area contributed by atoms with E-state index >= 15 is 0 Å². The molecular formula is C37H36ClN3O6. The summed E-state index contributed by atoms with van der Waals surface area (Å²) in [6.07, 6.45) is 5.54. The molecule has 3 heterocycles. The summed E-state index contributed by atoms with van der Waals surface area (Å²) in [5, 5.41) is 19.6. The minimum Gasteiger partial charge on any atom is -0.488 e. The van der Waals surface area contributed by atoms with Crippen LogP contribution in [-0.4, -0.2) is 46.8 Å². The van der Waals surface area contributed by atoms with Crippen molar-refractivity contribution in [2.24, 2.45) is 0 Å². The van der Waals surface area contributed by atoms with Crippen LogP contribution in [-0.2, 0) is 24.6 Å². The number of ether oxygens (including phenoxy) is 4. The van der Waals surface area contributed by atoms with Crippen molar-refractivity contribution >= 4 is 17.6 Å². The van der Waals surface area contributed by atoms with Gasteiger partial charge < -0.3 is 24.1 Å². The van der Waals surface area contributed by atoms with Crippen molar-refractivity contribution in [2.45, 2.75) is 58.9 Å². The molecule has 6 rings (SSSR count). The molecule has 0 aliphatic carbocycles. The Morgan fingerprint density at radius 2 is 1.81 bits per heavy atom. The van der Waals surface area contributed by atoms with E-state index in [2.05, 4.69) is 30.1 Å². The monoisotopic (exact) mass is 653 g/mol. The Morgan fingerprint density at radius 3 is 2.64 bits per heavy atom. The maximum absolute atomic E-state index is 12.0. The molecule has 3 aromatic carbocycles. The number of likely N-dealkylation sites (tertiary alicyclic amines) is 1. The van der Waals surface area contributed by atoms with Crippen molar-refractivity contribution in [1.29, 1.82) is 5.26 Å². The quantitative estimate of drug-likeness (QED) is 0.189. The van der Waals surface area contributed by atoms with E-state index in [0.29, 0.717) is 54.8 Å². The number of fused-ring (bicyclic) bond motifs is 1. The van der Waals surface area contributed by atoms with Crippen LogP contribution in [0.15, 0.2) is 60.9 Å². The molecule has 1 saturated heterocycles. The van der Waals surface area contributed by atoms with Crippen LogP contribution >= 0.6 is 11.6 Å². The zero-order valence-corrected chi connectivity index (χ0v) is 27.2. The first kappa shape index (κ1) is 32.2. The highest BCUT2D eigenvalue weighted by atomic mass is 35.5. The summed E-state index contributed by atoms with van der Waals surface area (Å²) in [6, 6.07) is 17.0. The van der Waals surface area contributed by atoms with E-state index in [1.54, 1.807) is 24.4 Å². The van der Waals surface area contributed by atoms with E-state index in [1.165, 1.54) is 6.20 Å². The lowest BCUT2D eigenvalue weighted by atomic mass is 9.93. The highest BCUT2D eigenvalue weighted by Crippen LogP contribution is 2.41. The van der Waals surface area contributed by atoms with Gasteiger partial charge in [0, 0.05) is 41.7 Å². The molecule has 1 aromatic heterocycles. The maximum Gasteiger partial charge on any atom is 0.320 e. The normalized spacial score (nSPS) is 15.9. The average Bonchev–Trinajstić information content (AvgIpc) is 3.08. The number of aliphatic carboxylic acids is 1. The predicted molar refractivity (Wildman–Crippen MR) is 177 cm³/mol. The zero-order chi connectivity index (χ0) is 32.9. The molecule has 1 atom stereocenters. The van der Waals surface area contributed by atoms with Crippen molar-refractivity contribution in [3.8, 4) is 40.2 Å². The van der Waals surface area contributed by atoms with E-state index < -0.39 is 12.0 Å². The fraction of sp³-hybridized carbons (Fsp3) is 0.324. The average molecular weight is 654 g/mol. The Kier molecular flexibility index (Phi) is 9.81. The summed E-state index contributed by atoms with van der Waals surface area (Å²) >= 11 is 6.81. The molecule has 0 bridgehead atoms. The van der Waals surface area contributed by atoms with Crippen molar-refractivity contribution in [1.82, 2.24) is 9.88 Å². The van der Waals surface area contributed by atoms with Crippen LogP contribution in [0.5, 0.6) is 23.0 Å². The van der Waals surface area contributed by atoms with Crippen LogP contribution in [0.4, 0.5) is 0 Å². The predicted octanol–water partition coefficient (Wildman–Crippen LogP) is 7.26. The number of nitriles is 1. The second kappa shape index (κ2) is 14.3. The van der Waals surface area contributed by atoms with E-state index in [9.17, 15) is 15.2 Å². The number of carboxylic acid groups (broad SMARTS) is 1. The van der Waals surface area contributed by atoms with Crippen LogP contribution in [0.1, 0.15) is 52.6 Å². The van der Waals surface area contributed by atoms with Gasteiger partial charge in [-0.2, -0.15) is 5.26 Å². The molecule has 0 saturated carbocycles. The molecule has 47 heavy (non-hydrogen) atoms. The fourth-order valence-electron chi connectivity index (χ4n) is 6.25. The van der Waals surface area contributed by atoms with Crippen LogP contribution in [0.2, 0.25) is 5.02 Å². The molecule has 1 fully saturated rings. The standard InChI is InChI=1S/C37H36ClN3O6/c1-23-27(6-5-7-29(23)30-9-10-33-36(24(30)2)45-13-12-44-33)22-47-35-16-34(46-21-26-14-25(17-39)18-40-19-26)28(15-31(35)38)20-41-11-4-3-8-32(41)37(42)43/h5-7,9-10,14-16,18-19,32H,3-4,8,11-13,20-22H2,1-2H3,(H,42,43)/t32-/m0/s1. The number of carbonyl (C=O) groups is 1. The van der Waals surface area contributed by atoms with Crippen LogP contribution in [0, 0.1) is 25.2 Å². The highest BCUT2D eigenvalue weighted by molar-refractivity contribution is 6.32. The van der Waals surface area contributed by atoms with E-state index in [-0.39, 0.29) is 13.2 Å². The molecule has 4 aromatic rings. The Hall–Kier alpha value is -4.78. The van der Waals surface area contributed by atoms with E-state index in [0.717, 1.165) is 63.3 Å². The number of hydrogen-bond acceptors (Lipinski definition) is 8. The Balaban J connectivity index is 1.27. The lowest BCUT2D eigenvalue weighted by Gasteiger charge is -2.33. The Labute approximate surface area is 279 Å². The van der Waals surface area contributed by atoms with Gasteiger partial charge in [0.05, 0.1) is 10.6 Å². The Bertz CT molecular complexity index is 1840. The minimum absolute atomic E-state index is 0.162. The molecule has 9 nitrogen and oxygen atoms in total. The second-order valence-corrected chi connectivity index (χ2v) is 12.2. The summed E-state index contributed by atoms with van der Waals surface area (Å²) in [5.41, 5.74) is 7.17. The molecule has 0 spiro atoms. The fourth-order valence-corrected chi connectivity index (χ4v) is 6.49. The van der Waals surface area contributed by atoms with Crippen molar-refractivity contribution < 1.29 is 28.8 Å². The third-order valence-corrected chi connectivity index (χ3v) is 9.08. The molecular weight excluding hydrogens is 618 g/mol. The summed E-state index contributed by atoms with van der Waals surface area (Å²) in [7, 11) is 0. The first-order valence-corrected chi connectivity index (χ1v) is 16.1. The molecule has 2 aliphatic rings. The summed E-state index contributed by atoms with van der Waals surface area (Å²) in [4.78, 5) is 18.1. The first-order valence-electron chi connectivity index (χ1n) is 15.7. The second-order valence-electron chi connectivity index (χ2n) is 11.8. The lowest BCUT2D eigenvalue weighted by Crippen LogP contribution is -2.44. The van der Waals surface area contributed by atoms with Crippen LogP contribution < -0.4 is 18.9 Å². The Morgan fingerprint density at radius 1 is 1.00 bits per heavy atom. The van der Waals surface area contributed by atoms with Crippen molar-refractivity contribution in [3.63, 3.8) is 0 Å². The largest absolute Gasteiger partial charge is 0.488 e. The molecule has 2 aliphatic heterocycles. The number of nitrogens with zero attached hydrogens (tertiary/aromatic N) is 3. The van der Waals surface area contributed by atoms with E-state index in [1.807, 2.05) is 30.0 Å². The smallest absolute Gasteiger partial charge is 0.320 e. The van der Waals surface area contributed by atoms with Gasteiger partial charge in [0.1, 0.15) is 50.0 Å². The number of piperidine rings is 1. The van der Waals surface area contributed by atoms with Crippen LogP contribution in [0.25, 0.3) is 11.1 Å². The molecule has 10 heteroatoms. The number of carboxylic acids is 1. The van der Waals surface area contributed by atoms with Gasteiger partial charge in [-0.1, -0.05) is 42.3 Å². The number of benzene rings is 3. The number of aromatic nitrogens is 1. The zero-order valence-electron chi connectivity index (χ0n) is 26.4. The SMILES string of the molecule is Cc1c(COc2cc(OCc3cncc(C#N)c3)c(CN3CCCC[C@H]3C(=O)O)cc2Cl)cccc1-c1ccc2c(c1C)OCCO2. The molecule has 1 N–H and O–H groups in total. The molecule has 242 valence electrons. The third-order valence-electron chi connectivity index (χ3n) is 8.78. The van der Waals surface area contributed by atoms with Gasteiger partial charge in [-0.05, 0) is 73.7 Å². The molecule has 0 unspecified atom stereocenters.